The van der Waals surface area contributed by atoms with E-state index in [9.17, 15) is 17.9 Å². The molecule has 0 atom stereocenters. The van der Waals surface area contributed by atoms with Crippen LogP contribution in [0.5, 0.6) is 5.75 Å². The Morgan fingerprint density at radius 3 is 2.53 bits per heavy atom. The standard InChI is InChI=1S/C22H22Cl2FN3O4S.ClH/c23-15-2-4-21(19(24)5-15)33(30,31)28-11-22(12-28,10-27-16-6-17(29)7-16)13-32-18-3-1-14(9-26)20(25)8-18;/h1-5,8,16-17,27,29H,6-7,10-13H2;1H/t16-,17-;. The van der Waals surface area contributed by atoms with Gasteiger partial charge in [-0.1, -0.05) is 23.2 Å². The Morgan fingerprint density at radius 1 is 1.24 bits per heavy atom. The Bertz CT molecular complexity index is 1200. The molecule has 0 amide bonds. The number of benzene rings is 2. The van der Waals surface area contributed by atoms with Crippen molar-refractivity contribution >= 4 is 45.6 Å². The van der Waals surface area contributed by atoms with E-state index >= 15 is 0 Å². The van der Waals surface area contributed by atoms with E-state index < -0.39 is 21.3 Å². The van der Waals surface area contributed by atoms with E-state index in [1.54, 1.807) is 6.07 Å². The van der Waals surface area contributed by atoms with Crippen LogP contribution in [0.15, 0.2) is 41.3 Å². The van der Waals surface area contributed by atoms with Crippen molar-refractivity contribution in [2.75, 3.05) is 26.2 Å². The topological polar surface area (TPSA) is 103 Å². The van der Waals surface area contributed by atoms with Gasteiger partial charge in [0.05, 0.1) is 23.3 Å². The second kappa shape index (κ2) is 10.5. The maximum Gasteiger partial charge on any atom is 0.244 e. The second-order valence-electron chi connectivity index (χ2n) is 8.59. The quantitative estimate of drug-likeness (QED) is 0.521. The molecule has 0 unspecified atom stereocenters. The molecule has 184 valence electrons. The summed E-state index contributed by atoms with van der Waals surface area (Å²) >= 11 is 12.0. The van der Waals surface area contributed by atoms with E-state index in [0.717, 1.165) is 6.07 Å². The van der Waals surface area contributed by atoms with Crippen LogP contribution in [-0.2, 0) is 10.0 Å². The SMILES string of the molecule is Cl.N#Cc1ccc(OCC2(CN[C@H]3C[C@H](O)C3)CN(S(=O)(=O)c3ccc(Cl)cc3Cl)C2)cc1F. The molecule has 0 aromatic heterocycles. The van der Waals surface area contributed by atoms with Gasteiger partial charge in [0.2, 0.25) is 10.0 Å². The van der Waals surface area contributed by atoms with Gasteiger partial charge in [0.1, 0.15) is 22.5 Å². The number of nitriles is 1. The molecule has 1 saturated carbocycles. The van der Waals surface area contributed by atoms with Crippen molar-refractivity contribution in [1.82, 2.24) is 9.62 Å². The van der Waals surface area contributed by atoms with Gasteiger partial charge in [0.15, 0.2) is 0 Å². The Morgan fingerprint density at radius 2 is 1.94 bits per heavy atom. The van der Waals surface area contributed by atoms with Crippen LogP contribution in [0.4, 0.5) is 4.39 Å². The first kappa shape index (κ1) is 27.0. The van der Waals surface area contributed by atoms with Gasteiger partial charge in [-0.2, -0.15) is 9.57 Å². The first-order valence-electron chi connectivity index (χ1n) is 10.3. The van der Waals surface area contributed by atoms with Crippen LogP contribution < -0.4 is 10.1 Å². The van der Waals surface area contributed by atoms with Crippen LogP contribution in [0.2, 0.25) is 10.0 Å². The van der Waals surface area contributed by atoms with Gasteiger partial charge in [-0.25, -0.2) is 12.8 Å². The van der Waals surface area contributed by atoms with Crippen molar-refractivity contribution in [3.8, 4) is 11.8 Å². The van der Waals surface area contributed by atoms with Crippen LogP contribution >= 0.6 is 35.6 Å². The summed E-state index contributed by atoms with van der Waals surface area (Å²) in [4.78, 5) is -0.0210. The molecule has 2 N–H and O–H groups in total. The molecule has 34 heavy (non-hydrogen) atoms. The lowest BCUT2D eigenvalue weighted by molar-refractivity contribution is 0.00347. The zero-order chi connectivity index (χ0) is 23.8. The van der Waals surface area contributed by atoms with Crippen molar-refractivity contribution in [3.63, 3.8) is 0 Å². The van der Waals surface area contributed by atoms with Gasteiger partial charge in [0.25, 0.3) is 0 Å². The first-order valence-corrected chi connectivity index (χ1v) is 12.5. The van der Waals surface area contributed by atoms with E-state index in [0.29, 0.717) is 24.4 Å². The molecule has 1 saturated heterocycles. The number of nitrogens with one attached hydrogen (secondary N) is 1. The molecule has 2 aromatic carbocycles. The highest BCUT2D eigenvalue weighted by molar-refractivity contribution is 7.89. The molecule has 12 heteroatoms. The zero-order valence-electron chi connectivity index (χ0n) is 17.9. The second-order valence-corrected chi connectivity index (χ2v) is 11.3. The van der Waals surface area contributed by atoms with E-state index in [1.807, 2.05) is 0 Å². The molecule has 0 bridgehead atoms. The van der Waals surface area contributed by atoms with E-state index in [4.69, 9.17) is 33.2 Å². The number of halogens is 4. The average Bonchev–Trinajstić information content (AvgIpc) is 2.70. The lowest BCUT2D eigenvalue weighted by atomic mass is 9.81. The summed E-state index contributed by atoms with van der Waals surface area (Å²) in [5.41, 5.74) is -0.639. The third-order valence-electron chi connectivity index (χ3n) is 6.02. The highest BCUT2D eigenvalue weighted by Crippen LogP contribution is 2.38. The van der Waals surface area contributed by atoms with Gasteiger partial charge in [-0.15, -0.1) is 12.4 Å². The third kappa shape index (κ3) is 5.60. The average molecular weight is 551 g/mol. The number of aliphatic hydroxyl groups is 1. The lowest BCUT2D eigenvalue weighted by Crippen LogP contribution is -2.65. The van der Waals surface area contributed by atoms with Crippen molar-refractivity contribution < 1.29 is 22.7 Å². The Balaban J connectivity index is 0.00000324. The highest BCUT2D eigenvalue weighted by Gasteiger charge is 2.50. The highest BCUT2D eigenvalue weighted by atomic mass is 35.5. The van der Waals surface area contributed by atoms with E-state index in [2.05, 4.69) is 5.32 Å². The fourth-order valence-corrected chi connectivity index (χ4v) is 6.39. The molecule has 1 aliphatic heterocycles. The number of sulfonamides is 1. The lowest BCUT2D eigenvalue weighted by Gasteiger charge is -2.50. The van der Waals surface area contributed by atoms with Crippen LogP contribution in [0.25, 0.3) is 0 Å². The van der Waals surface area contributed by atoms with Crippen molar-refractivity contribution in [3.05, 3.63) is 57.8 Å². The number of ether oxygens (including phenoxy) is 1. The van der Waals surface area contributed by atoms with Gasteiger partial charge in [-0.05, 0) is 43.2 Å². The maximum absolute atomic E-state index is 13.9. The molecular weight excluding hydrogens is 528 g/mol. The van der Waals surface area contributed by atoms with Crippen molar-refractivity contribution in [2.24, 2.45) is 5.41 Å². The molecule has 0 spiro atoms. The molecule has 1 aliphatic carbocycles. The number of nitrogens with zero attached hydrogens (tertiary/aromatic N) is 2. The number of hydrogen-bond donors (Lipinski definition) is 2. The minimum Gasteiger partial charge on any atom is -0.493 e. The Kier molecular flexibility index (Phi) is 8.36. The van der Waals surface area contributed by atoms with E-state index in [1.165, 1.54) is 34.6 Å². The van der Waals surface area contributed by atoms with E-state index in [-0.39, 0.29) is 65.5 Å². The summed E-state index contributed by atoms with van der Waals surface area (Å²) in [5, 5.41) is 22.2. The zero-order valence-corrected chi connectivity index (χ0v) is 21.0. The fourth-order valence-electron chi connectivity index (χ4n) is 3.98. The minimum atomic E-state index is -3.83. The summed E-state index contributed by atoms with van der Waals surface area (Å²) < 4.78 is 47.2. The molecular formula is C22H23Cl3FN3O4S. The van der Waals surface area contributed by atoms with Crippen molar-refractivity contribution in [1.29, 1.82) is 5.26 Å². The smallest absolute Gasteiger partial charge is 0.244 e. The van der Waals surface area contributed by atoms with Gasteiger partial charge < -0.3 is 15.2 Å². The normalized spacial score (nSPS) is 21.5. The molecule has 7 nitrogen and oxygen atoms in total. The number of hydrogen-bond acceptors (Lipinski definition) is 6. The summed E-state index contributed by atoms with van der Waals surface area (Å²) in [6, 6.07) is 10.1. The predicted octanol–water partition coefficient (Wildman–Crippen LogP) is 3.61. The Labute approximate surface area is 213 Å². The third-order valence-corrected chi connectivity index (χ3v) is 8.53. The molecule has 0 radical (unpaired) electrons. The van der Waals surface area contributed by atoms with Crippen LogP contribution in [0, 0.1) is 22.6 Å². The van der Waals surface area contributed by atoms with Gasteiger partial charge >= 0.3 is 0 Å². The van der Waals surface area contributed by atoms with Gasteiger partial charge in [0, 0.05) is 42.2 Å². The summed E-state index contributed by atoms with van der Waals surface area (Å²) in [6.07, 6.45) is 0.960. The fraction of sp³-hybridized carbons (Fsp3) is 0.409. The largest absolute Gasteiger partial charge is 0.493 e. The number of rotatable bonds is 8. The van der Waals surface area contributed by atoms with Crippen LogP contribution in [0.3, 0.4) is 0 Å². The molecule has 4 rings (SSSR count). The molecule has 2 fully saturated rings. The number of aliphatic hydroxyl groups excluding tert-OH is 1. The minimum absolute atomic E-state index is 0. The maximum atomic E-state index is 13.9. The van der Waals surface area contributed by atoms with Crippen LogP contribution in [0.1, 0.15) is 18.4 Å². The predicted molar refractivity (Wildman–Crippen MR) is 129 cm³/mol. The first-order chi connectivity index (χ1) is 15.6. The summed E-state index contributed by atoms with van der Waals surface area (Å²) in [5.74, 6) is -0.423. The Hall–Kier alpha value is -1.64. The summed E-state index contributed by atoms with van der Waals surface area (Å²) in [7, 11) is -3.83. The monoisotopic (exact) mass is 549 g/mol. The summed E-state index contributed by atoms with van der Waals surface area (Å²) in [6.45, 7) is 0.954. The molecule has 1 heterocycles. The van der Waals surface area contributed by atoms with Crippen LogP contribution in [-0.4, -0.2) is 56.2 Å². The molecule has 2 aromatic rings. The molecule has 2 aliphatic rings. The van der Waals surface area contributed by atoms with Crippen molar-refractivity contribution in [2.45, 2.75) is 29.9 Å². The van der Waals surface area contributed by atoms with Gasteiger partial charge in [-0.3, -0.25) is 0 Å².